The van der Waals surface area contributed by atoms with E-state index >= 15 is 0 Å². The SMILES string of the molecule is CCCCCC=CCC=CCCCCCCCC(=O)NC(CCC(N)=O)C(=O)O. The van der Waals surface area contributed by atoms with Crippen molar-refractivity contribution in [3.05, 3.63) is 24.3 Å². The molecule has 0 heterocycles. The van der Waals surface area contributed by atoms with Crippen molar-refractivity contribution in [2.45, 2.75) is 103 Å². The summed E-state index contributed by atoms with van der Waals surface area (Å²) in [6, 6.07) is -1.05. The molecule has 6 heteroatoms. The van der Waals surface area contributed by atoms with Gasteiger partial charge in [-0.05, 0) is 44.9 Å². The zero-order valence-electron chi connectivity index (χ0n) is 18.0. The number of carboxylic acids is 1. The Hall–Kier alpha value is -2.11. The number of aliphatic carboxylic acids is 1. The highest BCUT2D eigenvalue weighted by molar-refractivity contribution is 5.84. The van der Waals surface area contributed by atoms with Crippen LogP contribution in [-0.2, 0) is 14.4 Å². The Labute approximate surface area is 176 Å². The van der Waals surface area contributed by atoms with Crippen LogP contribution < -0.4 is 11.1 Å². The Kier molecular flexibility index (Phi) is 17.8. The van der Waals surface area contributed by atoms with Crippen molar-refractivity contribution in [2.24, 2.45) is 5.73 Å². The van der Waals surface area contributed by atoms with Crippen molar-refractivity contribution in [3.8, 4) is 0 Å². The molecule has 0 rings (SSSR count). The van der Waals surface area contributed by atoms with Gasteiger partial charge in [0.2, 0.25) is 11.8 Å². The van der Waals surface area contributed by atoms with Gasteiger partial charge in [0.05, 0.1) is 0 Å². The van der Waals surface area contributed by atoms with Crippen molar-refractivity contribution < 1.29 is 19.5 Å². The number of nitrogens with two attached hydrogens (primary N) is 1. The number of hydrogen-bond donors (Lipinski definition) is 3. The number of carbonyl (C=O) groups is 3. The van der Waals surface area contributed by atoms with Gasteiger partial charge in [-0.15, -0.1) is 0 Å². The molecular formula is C23H40N2O4. The van der Waals surface area contributed by atoms with Crippen LogP contribution in [0.3, 0.4) is 0 Å². The largest absolute Gasteiger partial charge is 0.480 e. The minimum atomic E-state index is -1.14. The van der Waals surface area contributed by atoms with Crippen molar-refractivity contribution in [2.75, 3.05) is 0 Å². The summed E-state index contributed by atoms with van der Waals surface area (Å²) in [5.41, 5.74) is 5.02. The summed E-state index contributed by atoms with van der Waals surface area (Å²) in [5, 5.41) is 11.5. The number of nitrogens with one attached hydrogen (secondary N) is 1. The first kappa shape index (κ1) is 26.9. The summed E-state index contributed by atoms with van der Waals surface area (Å²) < 4.78 is 0. The number of primary amides is 1. The van der Waals surface area contributed by atoms with Crippen LogP contribution in [0.4, 0.5) is 0 Å². The topological polar surface area (TPSA) is 109 Å². The molecule has 0 spiro atoms. The highest BCUT2D eigenvalue weighted by Crippen LogP contribution is 2.08. The quantitative estimate of drug-likeness (QED) is 0.214. The molecule has 2 amide bonds. The zero-order valence-corrected chi connectivity index (χ0v) is 18.0. The molecule has 4 N–H and O–H groups in total. The number of allylic oxidation sites excluding steroid dienone is 4. The first-order valence-corrected chi connectivity index (χ1v) is 11.1. The number of carboxylic acid groups (broad SMARTS) is 1. The Morgan fingerprint density at radius 3 is 2.03 bits per heavy atom. The zero-order chi connectivity index (χ0) is 21.7. The smallest absolute Gasteiger partial charge is 0.326 e. The lowest BCUT2D eigenvalue weighted by atomic mass is 10.1. The molecule has 0 aromatic carbocycles. The molecule has 0 aliphatic rings. The van der Waals surface area contributed by atoms with Gasteiger partial charge >= 0.3 is 5.97 Å². The second-order valence-electron chi connectivity index (χ2n) is 7.44. The second kappa shape index (κ2) is 19.2. The maximum atomic E-state index is 11.8. The van der Waals surface area contributed by atoms with E-state index in [4.69, 9.17) is 10.8 Å². The Bertz CT molecular complexity index is 515. The van der Waals surface area contributed by atoms with Crippen LogP contribution in [0, 0.1) is 0 Å². The van der Waals surface area contributed by atoms with Crippen molar-refractivity contribution >= 4 is 17.8 Å². The third-order valence-electron chi connectivity index (χ3n) is 4.67. The van der Waals surface area contributed by atoms with Crippen LogP contribution >= 0.6 is 0 Å². The van der Waals surface area contributed by atoms with Gasteiger partial charge in [0.1, 0.15) is 6.04 Å². The van der Waals surface area contributed by atoms with Gasteiger partial charge in [-0.1, -0.05) is 63.3 Å². The molecule has 1 unspecified atom stereocenters. The fourth-order valence-electron chi connectivity index (χ4n) is 2.91. The van der Waals surface area contributed by atoms with Gasteiger partial charge in [-0.2, -0.15) is 0 Å². The number of hydrogen-bond acceptors (Lipinski definition) is 3. The second-order valence-corrected chi connectivity index (χ2v) is 7.44. The molecule has 0 saturated carbocycles. The molecular weight excluding hydrogens is 368 g/mol. The first-order valence-electron chi connectivity index (χ1n) is 11.1. The molecule has 0 fully saturated rings. The van der Waals surface area contributed by atoms with Gasteiger partial charge < -0.3 is 16.2 Å². The average molecular weight is 409 g/mol. The van der Waals surface area contributed by atoms with Gasteiger partial charge in [0.15, 0.2) is 0 Å². The minimum absolute atomic E-state index is 0.0264. The highest BCUT2D eigenvalue weighted by atomic mass is 16.4. The fourth-order valence-corrected chi connectivity index (χ4v) is 2.91. The summed E-state index contributed by atoms with van der Waals surface area (Å²) in [6.45, 7) is 2.22. The third-order valence-corrected chi connectivity index (χ3v) is 4.67. The molecule has 0 aliphatic heterocycles. The van der Waals surface area contributed by atoms with E-state index in [0.29, 0.717) is 6.42 Å². The number of amides is 2. The number of unbranched alkanes of at least 4 members (excludes halogenated alkanes) is 8. The predicted octanol–water partition coefficient (Wildman–Crippen LogP) is 4.63. The average Bonchev–Trinajstić information content (AvgIpc) is 2.67. The lowest BCUT2D eigenvalue weighted by Gasteiger charge is -2.13. The maximum absolute atomic E-state index is 11.8. The molecule has 166 valence electrons. The lowest BCUT2D eigenvalue weighted by molar-refractivity contribution is -0.142. The van der Waals surface area contributed by atoms with Gasteiger partial charge in [-0.25, -0.2) is 4.79 Å². The van der Waals surface area contributed by atoms with E-state index in [9.17, 15) is 14.4 Å². The standard InChI is InChI=1S/C23H40N2O4/c1-2-3-4-5-6-7-8-9-10-11-12-13-14-15-16-17-22(27)25-20(23(28)29)18-19-21(24)26/h6-7,9-10,20H,2-5,8,11-19H2,1H3,(H2,24,26)(H,25,27)(H,28,29). The molecule has 6 nitrogen and oxygen atoms in total. The number of carbonyl (C=O) groups excluding carboxylic acids is 2. The van der Waals surface area contributed by atoms with Gasteiger partial charge in [-0.3, -0.25) is 9.59 Å². The molecule has 0 radical (unpaired) electrons. The van der Waals surface area contributed by atoms with Crippen molar-refractivity contribution in [1.29, 1.82) is 0 Å². The van der Waals surface area contributed by atoms with E-state index in [1.807, 2.05) is 0 Å². The lowest BCUT2D eigenvalue weighted by Crippen LogP contribution is -2.41. The molecule has 0 bridgehead atoms. The van der Waals surface area contributed by atoms with Gasteiger partial charge in [0, 0.05) is 12.8 Å². The first-order chi connectivity index (χ1) is 14.0. The van der Waals surface area contributed by atoms with Crippen LogP contribution in [0.2, 0.25) is 0 Å². The molecule has 29 heavy (non-hydrogen) atoms. The summed E-state index contributed by atoms with van der Waals surface area (Å²) in [6.07, 6.45) is 21.4. The van der Waals surface area contributed by atoms with Crippen LogP contribution in [0.5, 0.6) is 0 Å². The Balaban J connectivity index is 3.61. The van der Waals surface area contributed by atoms with Crippen molar-refractivity contribution in [3.63, 3.8) is 0 Å². The summed E-state index contributed by atoms with van der Waals surface area (Å²) >= 11 is 0. The van der Waals surface area contributed by atoms with E-state index in [1.165, 1.54) is 25.7 Å². The Morgan fingerprint density at radius 1 is 0.862 bits per heavy atom. The van der Waals surface area contributed by atoms with E-state index in [-0.39, 0.29) is 18.7 Å². The minimum Gasteiger partial charge on any atom is -0.480 e. The predicted molar refractivity (Wildman–Crippen MR) is 117 cm³/mol. The van der Waals surface area contributed by atoms with E-state index in [0.717, 1.165) is 44.9 Å². The highest BCUT2D eigenvalue weighted by Gasteiger charge is 2.20. The molecule has 0 aromatic heterocycles. The van der Waals surface area contributed by atoms with E-state index < -0.39 is 17.9 Å². The molecule has 0 aliphatic carbocycles. The van der Waals surface area contributed by atoms with E-state index in [2.05, 4.69) is 36.5 Å². The number of rotatable bonds is 19. The third kappa shape index (κ3) is 19.0. The molecule has 0 saturated heterocycles. The van der Waals surface area contributed by atoms with Crippen LogP contribution in [0.25, 0.3) is 0 Å². The Morgan fingerprint density at radius 2 is 1.45 bits per heavy atom. The monoisotopic (exact) mass is 408 g/mol. The molecule has 1 atom stereocenters. The van der Waals surface area contributed by atoms with Crippen LogP contribution in [-0.4, -0.2) is 28.9 Å². The van der Waals surface area contributed by atoms with Crippen LogP contribution in [0.15, 0.2) is 24.3 Å². The van der Waals surface area contributed by atoms with Crippen molar-refractivity contribution in [1.82, 2.24) is 5.32 Å². The summed E-state index contributed by atoms with van der Waals surface area (Å²) in [4.78, 5) is 33.7. The van der Waals surface area contributed by atoms with Gasteiger partial charge in [0.25, 0.3) is 0 Å². The maximum Gasteiger partial charge on any atom is 0.326 e. The fraction of sp³-hybridized carbons (Fsp3) is 0.696. The van der Waals surface area contributed by atoms with Crippen LogP contribution in [0.1, 0.15) is 96.8 Å². The molecule has 0 aromatic rings. The van der Waals surface area contributed by atoms with E-state index in [1.54, 1.807) is 0 Å². The summed E-state index contributed by atoms with van der Waals surface area (Å²) in [5.74, 6) is -1.99. The summed E-state index contributed by atoms with van der Waals surface area (Å²) in [7, 11) is 0. The normalized spacial score (nSPS) is 12.4.